The van der Waals surface area contributed by atoms with Crippen LogP contribution in [0.1, 0.15) is 54.4 Å². The molecule has 1 fully saturated rings. The Kier molecular flexibility index (Phi) is 8.89. The van der Waals surface area contributed by atoms with E-state index < -0.39 is 61.9 Å². The van der Waals surface area contributed by atoms with E-state index in [1.807, 2.05) is 6.92 Å². The van der Waals surface area contributed by atoms with Crippen LogP contribution in [0.25, 0.3) is 0 Å². The Morgan fingerprint density at radius 3 is 2.03 bits per heavy atom. The maximum Gasteiger partial charge on any atom is 0.356 e. The van der Waals surface area contributed by atoms with E-state index in [2.05, 4.69) is 0 Å². The fourth-order valence-corrected chi connectivity index (χ4v) is 6.83. The summed E-state index contributed by atoms with van der Waals surface area (Å²) in [6, 6.07) is -0.519. The third-order valence-corrected chi connectivity index (χ3v) is 10.4. The van der Waals surface area contributed by atoms with Crippen molar-refractivity contribution in [3.8, 4) is 0 Å². The fraction of sp³-hybridized carbons (Fsp3) is 1.00. The SMILES string of the molecule is B[C@@H]1O[C@H](CC(C)(CC)OP(B)(=O)C(C)C(C)(C)OP(=O)(O)C(C)O)[C@@H](O)[C@H]1O. The van der Waals surface area contributed by atoms with Crippen LogP contribution in [0.3, 0.4) is 0 Å². The average molecular weight is 456 g/mol. The minimum atomic E-state index is -4.32. The molecule has 0 aromatic heterocycles. The zero-order valence-electron chi connectivity index (χ0n) is 18.6. The van der Waals surface area contributed by atoms with Gasteiger partial charge in [-0.2, -0.15) is 0 Å². The van der Waals surface area contributed by atoms with E-state index in [1.165, 1.54) is 21.4 Å². The van der Waals surface area contributed by atoms with Gasteiger partial charge in [-0.05, 0) is 34.1 Å². The van der Waals surface area contributed by atoms with Crippen molar-refractivity contribution in [1.82, 2.24) is 0 Å². The van der Waals surface area contributed by atoms with E-state index in [9.17, 15) is 29.3 Å². The van der Waals surface area contributed by atoms with Crippen molar-refractivity contribution in [2.24, 2.45) is 0 Å². The van der Waals surface area contributed by atoms with Gasteiger partial charge in [-0.1, -0.05) is 13.8 Å². The van der Waals surface area contributed by atoms with Crippen molar-refractivity contribution < 1.29 is 43.1 Å². The molecular weight excluding hydrogens is 420 g/mol. The highest BCUT2D eigenvalue weighted by Gasteiger charge is 2.48. The number of hydrogen-bond donors (Lipinski definition) is 4. The van der Waals surface area contributed by atoms with Gasteiger partial charge in [0.15, 0.2) is 13.1 Å². The van der Waals surface area contributed by atoms with Gasteiger partial charge in [0.2, 0.25) is 7.57 Å². The lowest BCUT2D eigenvalue weighted by molar-refractivity contribution is -0.0331. The molecule has 170 valence electrons. The second-order valence-corrected chi connectivity index (χ2v) is 13.8. The Hall–Kier alpha value is 0.310. The summed E-state index contributed by atoms with van der Waals surface area (Å²) in [6.45, 7) is 9.40. The summed E-state index contributed by atoms with van der Waals surface area (Å²) in [6.07, 6.45) is -2.07. The lowest BCUT2D eigenvalue weighted by Gasteiger charge is -2.41. The molecule has 1 aliphatic rings. The summed E-state index contributed by atoms with van der Waals surface area (Å²) in [5, 5.41) is 29.6. The van der Waals surface area contributed by atoms with Crippen LogP contribution in [0.15, 0.2) is 0 Å². The normalized spacial score (nSPS) is 34.0. The molecule has 0 aromatic carbocycles. The number of aliphatic hydroxyl groups excluding tert-OH is 3. The Morgan fingerprint density at radius 1 is 1.14 bits per heavy atom. The van der Waals surface area contributed by atoms with Crippen LogP contribution in [-0.2, 0) is 22.9 Å². The summed E-state index contributed by atoms with van der Waals surface area (Å²) in [7, 11) is -4.62. The predicted octanol–water partition coefficient (Wildman–Crippen LogP) is 0.175. The Morgan fingerprint density at radius 2 is 1.66 bits per heavy atom. The third-order valence-electron chi connectivity index (χ3n) is 5.93. The maximum absolute atomic E-state index is 13.5. The van der Waals surface area contributed by atoms with Crippen molar-refractivity contribution >= 4 is 30.3 Å². The van der Waals surface area contributed by atoms with E-state index in [4.69, 9.17) is 13.8 Å². The van der Waals surface area contributed by atoms with Gasteiger partial charge in [-0.25, -0.2) is 0 Å². The first-order valence-corrected chi connectivity index (χ1v) is 13.7. The van der Waals surface area contributed by atoms with Crippen LogP contribution in [0.5, 0.6) is 0 Å². The van der Waals surface area contributed by atoms with E-state index >= 15 is 0 Å². The van der Waals surface area contributed by atoms with Crippen LogP contribution in [0, 0.1) is 0 Å². The molecule has 0 aliphatic carbocycles. The largest absolute Gasteiger partial charge is 0.388 e. The minimum Gasteiger partial charge on any atom is -0.388 e. The second-order valence-electron chi connectivity index (χ2n) is 8.94. The van der Waals surface area contributed by atoms with Gasteiger partial charge in [0.25, 0.3) is 0 Å². The van der Waals surface area contributed by atoms with Crippen molar-refractivity contribution in [2.75, 3.05) is 0 Å². The number of hydrogen-bond acceptors (Lipinski definition) is 8. The lowest BCUT2D eigenvalue weighted by Crippen LogP contribution is -2.42. The van der Waals surface area contributed by atoms with Crippen LogP contribution >= 0.6 is 14.8 Å². The molecular formula is C16H36B2O9P2. The van der Waals surface area contributed by atoms with Crippen LogP contribution in [-0.4, -0.2) is 82.6 Å². The van der Waals surface area contributed by atoms with Gasteiger partial charge >= 0.3 is 7.60 Å². The van der Waals surface area contributed by atoms with Crippen molar-refractivity contribution in [2.45, 2.75) is 101 Å². The molecule has 1 saturated heterocycles. The van der Waals surface area contributed by atoms with Gasteiger partial charge in [-0.3, -0.25) is 9.09 Å². The molecule has 29 heavy (non-hydrogen) atoms. The highest BCUT2D eigenvalue weighted by atomic mass is 31.2. The Labute approximate surface area is 175 Å². The quantitative estimate of drug-likeness (QED) is 0.268. The number of aliphatic hydroxyl groups is 3. The first-order chi connectivity index (χ1) is 12.9. The molecule has 0 amide bonds. The molecule has 0 bridgehead atoms. The molecule has 1 rings (SSSR count). The highest BCUT2D eigenvalue weighted by molar-refractivity contribution is 7.84. The van der Waals surface area contributed by atoms with E-state index in [1.54, 1.807) is 21.7 Å². The molecule has 5 unspecified atom stereocenters. The van der Waals surface area contributed by atoms with Crippen molar-refractivity contribution in [1.29, 1.82) is 0 Å². The Bertz CT molecular complexity index is 662. The molecule has 0 spiro atoms. The second kappa shape index (κ2) is 9.43. The zero-order valence-corrected chi connectivity index (χ0v) is 20.4. The molecule has 0 saturated carbocycles. The van der Waals surface area contributed by atoms with Crippen LogP contribution < -0.4 is 0 Å². The average Bonchev–Trinajstić information content (AvgIpc) is 2.79. The Balaban J connectivity index is 2.99. The van der Waals surface area contributed by atoms with Gasteiger partial charge in [0.1, 0.15) is 20.1 Å². The van der Waals surface area contributed by atoms with Crippen molar-refractivity contribution in [3.63, 3.8) is 0 Å². The number of rotatable bonds is 10. The first kappa shape index (κ1) is 27.3. The molecule has 0 aromatic rings. The highest BCUT2D eigenvalue weighted by Crippen LogP contribution is 2.59. The van der Waals surface area contributed by atoms with E-state index in [-0.39, 0.29) is 6.42 Å². The standard InChI is InChI=1S/C16H36B2O9P2/c1-7-16(6,8-11-12(20)13(21)14(17)25-11)27-28(18,22)9(2)15(4,5)26-29(23,24)10(3)19/h9-14,19-21H,7-8,17-18H2,1-6H3,(H,23,24)/t9?,10?,11-,12-,13-,14-,16?,28?/m1/s1. The smallest absolute Gasteiger partial charge is 0.356 e. The van der Waals surface area contributed by atoms with Gasteiger partial charge in [0, 0.05) is 6.42 Å². The molecule has 4 N–H and O–H groups in total. The summed E-state index contributed by atoms with van der Waals surface area (Å²) < 4.78 is 42.5. The monoisotopic (exact) mass is 456 g/mol. The summed E-state index contributed by atoms with van der Waals surface area (Å²) in [5.74, 6) is -1.58. The van der Waals surface area contributed by atoms with Crippen LogP contribution in [0.4, 0.5) is 0 Å². The molecule has 9 atom stereocenters. The molecule has 0 radical (unpaired) electrons. The van der Waals surface area contributed by atoms with E-state index in [0.29, 0.717) is 6.42 Å². The van der Waals surface area contributed by atoms with Gasteiger partial charge in [-0.15, -0.1) is 0 Å². The molecule has 1 heterocycles. The minimum absolute atomic E-state index is 0.212. The van der Waals surface area contributed by atoms with Crippen LogP contribution in [0.2, 0.25) is 0 Å². The summed E-state index contributed by atoms with van der Waals surface area (Å²) >= 11 is 0. The maximum atomic E-state index is 13.5. The fourth-order valence-electron chi connectivity index (χ4n) is 3.35. The van der Waals surface area contributed by atoms with Gasteiger partial charge in [0.05, 0.1) is 29.0 Å². The van der Waals surface area contributed by atoms with Gasteiger partial charge < -0.3 is 34.0 Å². The number of ether oxygens (including phenoxy) is 1. The summed E-state index contributed by atoms with van der Waals surface area (Å²) in [5.41, 5.74) is -3.04. The molecule has 9 nitrogen and oxygen atoms in total. The third kappa shape index (κ3) is 6.64. The van der Waals surface area contributed by atoms with E-state index in [0.717, 1.165) is 6.92 Å². The topological polar surface area (TPSA) is 143 Å². The first-order valence-electron chi connectivity index (χ1n) is 9.89. The molecule has 1 aliphatic heterocycles. The molecule has 13 heteroatoms. The zero-order chi connectivity index (χ0) is 23.0. The predicted molar refractivity (Wildman–Crippen MR) is 116 cm³/mol. The van der Waals surface area contributed by atoms with Crippen molar-refractivity contribution in [3.05, 3.63) is 0 Å². The summed E-state index contributed by atoms with van der Waals surface area (Å²) in [4.78, 5) is 9.87. The lowest BCUT2D eigenvalue weighted by atomic mass is 9.90.